The summed E-state index contributed by atoms with van der Waals surface area (Å²) < 4.78 is 57.4. The van der Waals surface area contributed by atoms with E-state index < -0.39 is 23.6 Å². The van der Waals surface area contributed by atoms with Crippen LogP contribution in [0.15, 0.2) is 42.7 Å². The van der Waals surface area contributed by atoms with Crippen LogP contribution < -0.4 is 19.9 Å². The third kappa shape index (κ3) is 5.71. The van der Waals surface area contributed by atoms with E-state index in [4.69, 9.17) is 14.2 Å². The van der Waals surface area contributed by atoms with Crippen molar-refractivity contribution < 1.29 is 32.2 Å². The molecular formula is C29H31F3N6O4. The molecule has 1 N–H and O–H groups in total. The average molecular weight is 585 g/mol. The van der Waals surface area contributed by atoms with Gasteiger partial charge in [-0.3, -0.25) is 9.88 Å². The second-order valence-electron chi connectivity index (χ2n) is 11.1. The fourth-order valence-electron chi connectivity index (χ4n) is 5.64. The Morgan fingerprint density at radius 3 is 2.81 bits per heavy atom. The van der Waals surface area contributed by atoms with E-state index in [0.717, 1.165) is 31.5 Å². The molecule has 0 aliphatic carbocycles. The van der Waals surface area contributed by atoms with Gasteiger partial charge in [-0.15, -0.1) is 0 Å². The molecule has 3 aromatic rings. The maximum absolute atomic E-state index is 13.8. The number of benzene rings is 1. The Morgan fingerprint density at radius 2 is 2.05 bits per heavy atom. The topological polar surface area (TPSA) is 102 Å². The standard InChI is InChI=1S/C29H31F3N6O4/c1-17-24-26(36-25(34-17)18-6-4-7-19(10-18)29(30,31)32)38(21-8-5-9-37(24)14-21)27(39)35-20-11-22(13-33-12-20)40-15-23-16-41-28(2,3)42-23/h4,6-7,10-13,21,23H,5,8-9,14-16H2,1-3H3,(H,35,39)/t21-,23+/m0/s1. The number of aromatic nitrogens is 3. The van der Waals surface area contributed by atoms with Gasteiger partial charge in [0.2, 0.25) is 0 Å². The summed E-state index contributed by atoms with van der Waals surface area (Å²) in [4.78, 5) is 31.0. The largest absolute Gasteiger partial charge is 0.489 e. The number of pyridine rings is 1. The lowest BCUT2D eigenvalue weighted by Gasteiger charge is -2.46. The molecule has 0 unspecified atom stereocenters. The molecule has 10 nitrogen and oxygen atoms in total. The van der Waals surface area contributed by atoms with Crippen molar-refractivity contribution >= 4 is 23.2 Å². The van der Waals surface area contributed by atoms with E-state index in [2.05, 4.69) is 25.2 Å². The normalized spacial score (nSPS) is 21.2. The molecule has 1 aromatic carbocycles. The summed E-state index contributed by atoms with van der Waals surface area (Å²) in [7, 11) is 0. The van der Waals surface area contributed by atoms with Gasteiger partial charge in [0.05, 0.1) is 42.0 Å². The van der Waals surface area contributed by atoms with Gasteiger partial charge in [-0.2, -0.15) is 13.2 Å². The number of ether oxygens (including phenoxy) is 3. The first-order chi connectivity index (χ1) is 20.0. The van der Waals surface area contributed by atoms with Crippen LogP contribution in [0.5, 0.6) is 5.75 Å². The maximum Gasteiger partial charge on any atom is 0.416 e. The van der Waals surface area contributed by atoms with Gasteiger partial charge >= 0.3 is 12.2 Å². The zero-order valence-electron chi connectivity index (χ0n) is 23.4. The quantitative estimate of drug-likeness (QED) is 0.425. The minimum Gasteiger partial charge on any atom is -0.489 e. The van der Waals surface area contributed by atoms with Gasteiger partial charge in [-0.1, -0.05) is 12.1 Å². The second-order valence-corrected chi connectivity index (χ2v) is 11.1. The molecule has 42 heavy (non-hydrogen) atoms. The van der Waals surface area contributed by atoms with Crippen LogP contribution in [0, 0.1) is 6.92 Å². The number of carbonyl (C=O) groups is 1. The predicted octanol–water partition coefficient (Wildman–Crippen LogP) is 5.42. The summed E-state index contributed by atoms with van der Waals surface area (Å²) >= 11 is 0. The highest BCUT2D eigenvalue weighted by atomic mass is 19.4. The number of halogens is 3. The van der Waals surface area contributed by atoms with Crippen molar-refractivity contribution in [3.8, 4) is 17.1 Å². The lowest BCUT2D eigenvalue weighted by Crippen LogP contribution is -2.56. The Morgan fingerprint density at radius 1 is 1.21 bits per heavy atom. The molecule has 0 spiro atoms. The van der Waals surface area contributed by atoms with E-state index in [1.807, 2.05) is 13.8 Å². The maximum atomic E-state index is 13.8. The highest BCUT2D eigenvalue weighted by Gasteiger charge is 2.40. The number of urea groups is 1. The molecule has 13 heteroatoms. The zero-order valence-corrected chi connectivity index (χ0v) is 23.4. The summed E-state index contributed by atoms with van der Waals surface area (Å²) in [6.45, 7) is 7.51. The third-order valence-corrected chi connectivity index (χ3v) is 7.48. The van der Waals surface area contributed by atoms with Crippen LogP contribution in [0.2, 0.25) is 0 Å². The fourth-order valence-corrected chi connectivity index (χ4v) is 5.64. The number of amides is 2. The smallest absolute Gasteiger partial charge is 0.416 e. The van der Waals surface area contributed by atoms with Gasteiger partial charge in [0.1, 0.15) is 24.1 Å². The summed E-state index contributed by atoms with van der Waals surface area (Å²) in [5.74, 6) is 0.276. The van der Waals surface area contributed by atoms with Gasteiger partial charge in [0, 0.05) is 24.7 Å². The highest BCUT2D eigenvalue weighted by molar-refractivity contribution is 6.04. The number of carbonyl (C=O) groups excluding carboxylic acids is 1. The van der Waals surface area contributed by atoms with Crippen LogP contribution in [0.25, 0.3) is 11.4 Å². The van der Waals surface area contributed by atoms with Crippen LogP contribution >= 0.6 is 0 Å². The lowest BCUT2D eigenvalue weighted by molar-refractivity contribution is -0.141. The first-order valence-electron chi connectivity index (χ1n) is 13.8. The third-order valence-electron chi connectivity index (χ3n) is 7.48. The number of alkyl halides is 3. The number of hydrogen-bond donors (Lipinski definition) is 1. The number of nitrogens with one attached hydrogen (secondary N) is 1. The number of hydrogen-bond acceptors (Lipinski definition) is 8. The molecule has 3 aliphatic rings. The summed E-state index contributed by atoms with van der Waals surface area (Å²) in [5.41, 5.74) is 1.14. The molecule has 6 rings (SSSR count). The molecule has 2 amide bonds. The second kappa shape index (κ2) is 10.7. The summed E-state index contributed by atoms with van der Waals surface area (Å²) in [5, 5.41) is 2.91. The van der Waals surface area contributed by atoms with Crippen LogP contribution in [-0.4, -0.2) is 65.2 Å². The minimum absolute atomic E-state index is 0.120. The number of anilines is 3. The Hall–Kier alpha value is -3.97. The van der Waals surface area contributed by atoms with Crippen molar-refractivity contribution in [2.45, 2.75) is 57.7 Å². The van der Waals surface area contributed by atoms with Crippen LogP contribution in [0.1, 0.15) is 37.9 Å². The molecule has 2 aromatic heterocycles. The molecule has 222 valence electrons. The van der Waals surface area contributed by atoms with Gasteiger partial charge in [-0.05, 0) is 45.7 Å². The first-order valence-corrected chi connectivity index (χ1v) is 13.8. The molecular weight excluding hydrogens is 553 g/mol. The molecule has 0 saturated carbocycles. The van der Waals surface area contributed by atoms with E-state index in [1.165, 1.54) is 18.3 Å². The number of piperidine rings is 1. The van der Waals surface area contributed by atoms with E-state index in [9.17, 15) is 18.0 Å². The summed E-state index contributed by atoms with van der Waals surface area (Å²) in [6, 6.07) is 5.96. The Kier molecular flexibility index (Phi) is 7.17. The molecule has 5 heterocycles. The molecule has 2 fully saturated rings. The van der Waals surface area contributed by atoms with Gasteiger partial charge in [0.25, 0.3) is 0 Å². The monoisotopic (exact) mass is 584 g/mol. The SMILES string of the molecule is Cc1nc(-c2cccc(C(F)(F)F)c2)nc2c1N1CCC[C@@H](C1)N2C(=O)Nc1cncc(OC[C@@H]2COC(C)(C)O2)c1. The predicted molar refractivity (Wildman–Crippen MR) is 149 cm³/mol. The minimum atomic E-state index is -4.51. The van der Waals surface area contributed by atoms with Gasteiger partial charge in [-0.25, -0.2) is 14.8 Å². The van der Waals surface area contributed by atoms with Gasteiger partial charge < -0.3 is 24.4 Å². The van der Waals surface area contributed by atoms with Crippen LogP contribution in [0.4, 0.5) is 35.2 Å². The van der Waals surface area contributed by atoms with Gasteiger partial charge in [0.15, 0.2) is 17.4 Å². The fraction of sp³-hybridized carbons (Fsp3) is 0.448. The molecule has 2 atom stereocenters. The van der Waals surface area contributed by atoms with Crippen molar-refractivity contribution in [3.05, 3.63) is 54.0 Å². The highest BCUT2D eigenvalue weighted by Crippen LogP contribution is 2.41. The molecule has 2 bridgehead atoms. The number of rotatable bonds is 5. The van der Waals surface area contributed by atoms with E-state index in [0.29, 0.717) is 41.8 Å². The first kappa shape index (κ1) is 28.2. The van der Waals surface area contributed by atoms with Crippen molar-refractivity contribution in [2.75, 3.05) is 41.4 Å². The number of fused-ring (bicyclic) bond motifs is 4. The van der Waals surface area contributed by atoms with Crippen LogP contribution in [0.3, 0.4) is 0 Å². The molecule has 3 aliphatic heterocycles. The van der Waals surface area contributed by atoms with Crippen LogP contribution in [-0.2, 0) is 15.7 Å². The Bertz CT molecular complexity index is 1500. The van der Waals surface area contributed by atoms with E-state index in [-0.39, 0.29) is 30.1 Å². The number of aryl methyl sites for hydroxylation is 1. The van der Waals surface area contributed by atoms with Crippen molar-refractivity contribution in [1.82, 2.24) is 15.0 Å². The molecule has 0 radical (unpaired) electrons. The van der Waals surface area contributed by atoms with Crippen molar-refractivity contribution in [1.29, 1.82) is 0 Å². The average Bonchev–Trinajstić information content (AvgIpc) is 3.30. The summed E-state index contributed by atoms with van der Waals surface area (Å²) in [6.07, 6.45) is -0.0471. The molecule has 2 saturated heterocycles. The Balaban J connectivity index is 1.27. The zero-order chi connectivity index (χ0) is 29.6. The van der Waals surface area contributed by atoms with E-state index in [1.54, 1.807) is 24.1 Å². The van der Waals surface area contributed by atoms with E-state index >= 15 is 0 Å². The Labute approximate surface area is 240 Å². The van der Waals surface area contributed by atoms with Crippen molar-refractivity contribution in [2.24, 2.45) is 0 Å². The lowest BCUT2D eigenvalue weighted by atomic mass is 9.99. The number of nitrogens with zero attached hydrogens (tertiary/aromatic N) is 5. The van der Waals surface area contributed by atoms with Crippen molar-refractivity contribution in [3.63, 3.8) is 0 Å².